The van der Waals surface area contributed by atoms with Crippen molar-refractivity contribution in [3.63, 3.8) is 0 Å². The van der Waals surface area contributed by atoms with Crippen LogP contribution in [0.3, 0.4) is 0 Å². The summed E-state index contributed by atoms with van der Waals surface area (Å²) >= 11 is 0. The fraction of sp³-hybridized carbons (Fsp3) is 0.455. The molecule has 4 N–H and O–H groups in total. The summed E-state index contributed by atoms with van der Waals surface area (Å²) in [6.45, 7) is 3.80. The largest absolute Gasteiger partial charge is 0.508 e. The number of hydrogen-bond donors (Lipinski definition) is 3. The number of aromatic hydroxyl groups is 2. The van der Waals surface area contributed by atoms with Gasteiger partial charge in [0.25, 0.3) is 0 Å². The molecule has 1 atom stereocenters. The van der Waals surface area contributed by atoms with E-state index in [1.54, 1.807) is 12.1 Å². The number of benzene rings is 1. The van der Waals surface area contributed by atoms with E-state index in [1.807, 2.05) is 13.8 Å². The predicted octanol–water partition coefficient (Wildman–Crippen LogP) is 2.07. The number of rotatable bonds is 3. The SMILES string of the molecule is CCCc1c(O)ccc([C@H](C)N)c1O. The lowest BCUT2D eigenvalue weighted by Crippen LogP contribution is -2.06. The maximum Gasteiger partial charge on any atom is 0.127 e. The van der Waals surface area contributed by atoms with Crippen molar-refractivity contribution in [3.05, 3.63) is 23.3 Å². The van der Waals surface area contributed by atoms with E-state index in [9.17, 15) is 10.2 Å². The molecule has 3 nitrogen and oxygen atoms in total. The van der Waals surface area contributed by atoms with Crippen LogP contribution in [0.1, 0.15) is 37.4 Å². The topological polar surface area (TPSA) is 66.5 Å². The standard InChI is InChI=1S/C11H17NO2/c1-3-4-9-10(13)6-5-8(7(2)12)11(9)14/h5-7,13-14H,3-4,12H2,1-2H3/t7-/m0/s1. The van der Waals surface area contributed by atoms with Gasteiger partial charge in [-0.1, -0.05) is 19.4 Å². The number of phenolic OH excluding ortho intramolecular Hbond substituents is 2. The Balaban J connectivity index is 3.19. The smallest absolute Gasteiger partial charge is 0.127 e. The van der Waals surface area contributed by atoms with Crippen LogP contribution in [0.25, 0.3) is 0 Å². The first kappa shape index (κ1) is 10.9. The molecule has 78 valence electrons. The molecule has 0 aromatic heterocycles. The zero-order chi connectivity index (χ0) is 10.7. The van der Waals surface area contributed by atoms with Crippen LogP contribution >= 0.6 is 0 Å². The van der Waals surface area contributed by atoms with Crippen LogP contribution in [-0.4, -0.2) is 10.2 Å². The Hall–Kier alpha value is -1.22. The van der Waals surface area contributed by atoms with Crippen LogP contribution in [0, 0.1) is 0 Å². The Morgan fingerprint density at radius 3 is 2.50 bits per heavy atom. The molecule has 0 radical (unpaired) electrons. The lowest BCUT2D eigenvalue weighted by molar-refractivity contribution is 0.430. The second-order valence-corrected chi connectivity index (χ2v) is 3.54. The normalized spacial score (nSPS) is 12.8. The van der Waals surface area contributed by atoms with E-state index in [4.69, 9.17) is 5.73 Å². The quantitative estimate of drug-likeness (QED) is 0.691. The number of phenols is 2. The van der Waals surface area contributed by atoms with Gasteiger partial charge in [-0.25, -0.2) is 0 Å². The molecule has 1 rings (SSSR count). The van der Waals surface area contributed by atoms with Gasteiger partial charge in [0, 0.05) is 17.2 Å². The third-order valence-corrected chi connectivity index (χ3v) is 2.28. The summed E-state index contributed by atoms with van der Waals surface area (Å²) in [6, 6.07) is 3.03. The second kappa shape index (κ2) is 4.33. The van der Waals surface area contributed by atoms with Crippen LogP contribution in [-0.2, 0) is 6.42 Å². The molecule has 1 aromatic rings. The molecule has 1 aromatic carbocycles. The fourth-order valence-corrected chi connectivity index (χ4v) is 1.51. The molecule has 0 heterocycles. The predicted molar refractivity (Wildman–Crippen MR) is 56.4 cm³/mol. The molecule has 0 spiro atoms. The zero-order valence-corrected chi connectivity index (χ0v) is 8.62. The van der Waals surface area contributed by atoms with E-state index in [0.717, 1.165) is 6.42 Å². The molecule has 0 unspecified atom stereocenters. The zero-order valence-electron chi connectivity index (χ0n) is 8.62. The van der Waals surface area contributed by atoms with Gasteiger partial charge in [-0.3, -0.25) is 0 Å². The van der Waals surface area contributed by atoms with E-state index >= 15 is 0 Å². The molecule has 0 aliphatic carbocycles. The highest BCUT2D eigenvalue weighted by Gasteiger charge is 2.13. The Morgan fingerprint density at radius 1 is 1.36 bits per heavy atom. The van der Waals surface area contributed by atoms with Crippen molar-refractivity contribution in [3.8, 4) is 11.5 Å². The van der Waals surface area contributed by atoms with Gasteiger partial charge in [0.1, 0.15) is 11.5 Å². The molecule has 3 heteroatoms. The molecule has 0 bridgehead atoms. The summed E-state index contributed by atoms with van der Waals surface area (Å²) in [5, 5.41) is 19.4. The van der Waals surface area contributed by atoms with Gasteiger partial charge in [-0.05, 0) is 19.4 Å². The minimum absolute atomic E-state index is 0.141. The van der Waals surface area contributed by atoms with Crippen molar-refractivity contribution in [2.75, 3.05) is 0 Å². The molecule has 0 aliphatic heterocycles. The summed E-state index contributed by atoms with van der Waals surface area (Å²) in [5.41, 5.74) is 6.97. The van der Waals surface area contributed by atoms with Gasteiger partial charge in [0.05, 0.1) is 0 Å². The number of nitrogens with two attached hydrogens (primary N) is 1. The van der Waals surface area contributed by atoms with Gasteiger partial charge in [-0.2, -0.15) is 0 Å². The summed E-state index contributed by atoms with van der Waals surface area (Å²) in [4.78, 5) is 0. The first-order valence-corrected chi connectivity index (χ1v) is 4.87. The van der Waals surface area contributed by atoms with E-state index < -0.39 is 0 Å². The van der Waals surface area contributed by atoms with Crippen molar-refractivity contribution in [2.45, 2.75) is 32.7 Å². The third-order valence-electron chi connectivity index (χ3n) is 2.28. The molecule has 0 saturated carbocycles. The average molecular weight is 195 g/mol. The van der Waals surface area contributed by atoms with Crippen LogP contribution in [0.4, 0.5) is 0 Å². The lowest BCUT2D eigenvalue weighted by atomic mass is 10.00. The Kier molecular flexibility index (Phi) is 3.36. The Labute approximate surface area is 84.2 Å². The Bertz CT molecular complexity index is 321. The maximum atomic E-state index is 9.83. The first-order valence-electron chi connectivity index (χ1n) is 4.87. The minimum atomic E-state index is -0.216. The van der Waals surface area contributed by atoms with Crippen LogP contribution in [0.2, 0.25) is 0 Å². The number of hydrogen-bond acceptors (Lipinski definition) is 3. The van der Waals surface area contributed by atoms with Gasteiger partial charge in [0.15, 0.2) is 0 Å². The average Bonchev–Trinajstić information content (AvgIpc) is 2.11. The van der Waals surface area contributed by atoms with Crippen LogP contribution < -0.4 is 5.73 Å². The minimum Gasteiger partial charge on any atom is -0.508 e. The summed E-state index contributed by atoms with van der Waals surface area (Å²) < 4.78 is 0. The van der Waals surface area contributed by atoms with Gasteiger partial charge in [0.2, 0.25) is 0 Å². The summed E-state index contributed by atoms with van der Waals surface area (Å²) in [6.07, 6.45) is 1.54. The van der Waals surface area contributed by atoms with Crippen LogP contribution in [0.15, 0.2) is 12.1 Å². The molecular formula is C11H17NO2. The van der Waals surface area contributed by atoms with Crippen LogP contribution in [0.5, 0.6) is 11.5 Å². The van der Waals surface area contributed by atoms with E-state index in [1.165, 1.54) is 0 Å². The van der Waals surface area contributed by atoms with Crippen molar-refractivity contribution in [2.24, 2.45) is 5.73 Å². The fourth-order valence-electron chi connectivity index (χ4n) is 1.51. The van der Waals surface area contributed by atoms with E-state index in [-0.39, 0.29) is 17.5 Å². The lowest BCUT2D eigenvalue weighted by Gasteiger charge is -2.13. The van der Waals surface area contributed by atoms with E-state index in [0.29, 0.717) is 17.5 Å². The highest BCUT2D eigenvalue weighted by molar-refractivity contribution is 5.49. The monoisotopic (exact) mass is 195 g/mol. The molecule has 14 heavy (non-hydrogen) atoms. The third kappa shape index (κ3) is 1.99. The van der Waals surface area contributed by atoms with Crippen molar-refractivity contribution in [1.29, 1.82) is 0 Å². The van der Waals surface area contributed by atoms with Crippen molar-refractivity contribution in [1.82, 2.24) is 0 Å². The highest BCUT2D eigenvalue weighted by atomic mass is 16.3. The van der Waals surface area contributed by atoms with Gasteiger partial charge < -0.3 is 15.9 Å². The molecular weight excluding hydrogens is 178 g/mol. The molecule has 0 aliphatic rings. The molecule has 0 amide bonds. The second-order valence-electron chi connectivity index (χ2n) is 3.54. The van der Waals surface area contributed by atoms with Crippen molar-refractivity contribution < 1.29 is 10.2 Å². The highest BCUT2D eigenvalue weighted by Crippen LogP contribution is 2.33. The van der Waals surface area contributed by atoms with Gasteiger partial charge >= 0.3 is 0 Å². The van der Waals surface area contributed by atoms with Crippen molar-refractivity contribution >= 4 is 0 Å². The first-order chi connectivity index (χ1) is 6.57. The summed E-state index contributed by atoms with van der Waals surface area (Å²) in [5.74, 6) is 0.288. The Morgan fingerprint density at radius 2 is 2.00 bits per heavy atom. The van der Waals surface area contributed by atoms with E-state index in [2.05, 4.69) is 0 Å². The molecule has 0 saturated heterocycles. The van der Waals surface area contributed by atoms with Gasteiger partial charge in [-0.15, -0.1) is 0 Å². The maximum absolute atomic E-state index is 9.83. The molecule has 0 fully saturated rings. The summed E-state index contributed by atoms with van der Waals surface area (Å²) in [7, 11) is 0.